The highest BCUT2D eigenvalue weighted by atomic mass is 35.5. The molecular weight excluding hydrogens is 278 g/mol. The minimum absolute atomic E-state index is 0.0538. The van der Waals surface area contributed by atoms with E-state index in [-0.39, 0.29) is 22.4 Å². The zero-order valence-electron chi connectivity index (χ0n) is 10.2. The van der Waals surface area contributed by atoms with Gasteiger partial charge in [0.05, 0.1) is 5.52 Å². The molecule has 0 aliphatic rings. The van der Waals surface area contributed by atoms with Crippen molar-refractivity contribution >= 4 is 22.5 Å². The average molecular weight is 288 g/mol. The molecule has 0 atom stereocenters. The third-order valence-corrected chi connectivity index (χ3v) is 3.26. The Kier molecular flexibility index (Phi) is 2.88. The lowest BCUT2D eigenvalue weighted by Gasteiger charge is -2.08. The maximum atomic E-state index is 9.54. The number of benzene rings is 2. The Hall–Kier alpha value is -2.46. The second-order valence-corrected chi connectivity index (χ2v) is 4.80. The van der Waals surface area contributed by atoms with Crippen LogP contribution < -0.4 is 0 Å². The van der Waals surface area contributed by atoms with Crippen molar-refractivity contribution in [2.75, 3.05) is 0 Å². The van der Waals surface area contributed by atoms with E-state index in [0.717, 1.165) is 5.39 Å². The van der Waals surface area contributed by atoms with Crippen molar-refractivity contribution in [1.82, 2.24) is 4.98 Å². The van der Waals surface area contributed by atoms with Gasteiger partial charge >= 0.3 is 0 Å². The van der Waals surface area contributed by atoms with Crippen molar-refractivity contribution in [3.05, 3.63) is 47.6 Å². The minimum atomic E-state index is -0.0538. The maximum Gasteiger partial charge on any atom is 0.137 e. The lowest BCUT2D eigenvalue weighted by Crippen LogP contribution is -1.86. The van der Waals surface area contributed by atoms with Crippen LogP contribution >= 0.6 is 11.6 Å². The Morgan fingerprint density at radius 2 is 1.50 bits per heavy atom. The molecule has 5 heteroatoms. The smallest absolute Gasteiger partial charge is 0.137 e. The van der Waals surface area contributed by atoms with E-state index in [0.29, 0.717) is 16.6 Å². The molecule has 1 aromatic heterocycles. The van der Waals surface area contributed by atoms with Gasteiger partial charge in [0.1, 0.15) is 22.4 Å². The van der Waals surface area contributed by atoms with E-state index in [2.05, 4.69) is 4.98 Å². The van der Waals surface area contributed by atoms with Crippen LogP contribution in [0.25, 0.3) is 22.0 Å². The van der Waals surface area contributed by atoms with Crippen LogP contribution in [0.1, 0.15) is 0 Å². The summed E-state index contributed by atoms with van der Waals surface area (Å²) in [6.45, 7) is 0. The first kappa shape index (κ1) is 12.6. The number of phenols is 3. The summed E-state index contributed by atoms with van der Waals surface area (Å²) in [6, 6.07) is 10.8. The average Bonchev–Trinajstić information content (AvgIpc) is 2.36. The summed E-state index contributed by atoms with van der Waals surface area (Å²) in [7, 11) is 0. The van der Waals surface area contributed by atoms with E-state index in [4.69, 9.17) is 11.6 Å². The number of rotatable bonds is 1. The van der Waals surface area contributed by atoms with Crippen molar-refractivity contribution < 1.29 is 15.3 Å². The third kappa shape index (κ3) is 2.21. The summed E-state index contributed by atoms with van der Waals surface area (Å²) in [5, 5.41) is 29.5. The normalized spacial score (nSPS) is 10.8. The summed E-state index contributed by atoms with van der Waals surface area (Å²) in [5.41, 5.74) is 1.73. The summed E-state index contributed by atoms with van der Waals surface area (Å²) in [4.78, 5) is 4.21. The highest BCUT2D eigenvalue weighted by Gasteiger charge is 2.10. The van der Waals surface area contributed by atoms with E-state index in [1.54, 1.807) is 18.2 Å². The van der Waals surface area contributed by atoms with E-state index in [9.17, 15) is 15.3 Å². The van der Waals surface area contributed by atoms with Gasteiger partial charge in [0.15, 0.2) is 0 Å². The predicted molar refractivity (Wildman–Crippen MR) is 77.2 cm³/mol. The number of hydrogen-bond donors (Lipinski definition) is 3. The molecule has 0 unspecified atom stereocenters. The molecule has 0 spiro atoms. The predicted octanol–water partition coefficient (Wildman–Crippen LogP) is 3.67. The van der Waals surface area contributed by atoms with Gasteiger partial charge < -0.3 is 15.3 Å². The van der Waals surface area contributed by atoms with E-state index >= 15 is 0 Å². The Bertz CT molecular complexity index is 797. The van der Waals surface area contributed by atoms with Crippen LogP contribution in [0.5, 0.6) is 17.2 Å². The molecule has 0 saturated heterocycles. The first-order valence-corrected chi connectivity index (χ1v) is 6.23. The van der Waals surface area contributed by atoms with Crippen LogP contribution in [0.3, 0.4) is 0 Å². The molecule has 0 fully saturated rings. The van der Waals surface area contributed by atoms with Gasteiger partial charge in [0.2, 0.25) is 0 Å². The second kappa shape index (κ2) is 4.58. The van der Waals surface area contributed by atoms with Gasteiger partial charge in [-0.05, 0) is 35.9 Å². The highest BCUT2D eigenvalue weighted by molar-refractivity contribution is 6.32. The lowest BCUT2D eigenvalue weighted by molar-refractivity contribution is 0.451. The molecule has 3 rings (SSSR count). The van der Waals surface area contributed by atoms with Crippen LogP contribution in [-0.2, 0) is 0 Å². The van der Waals surface area contributed by atoms with Crippen molar-refractivity contribution in [1.29, 1.82) is 0 Å². The molecule has 3 N–H and O–H groups in total. The fourth-order valence-electron chi connectivity index (χ4n) is 2.09. The minimum Gasteiger partial charge on any atom is -0.508 e. The van der Waals surface area contributed by atoms with E-state index in [1.165, 1.54) is 24.3 Å². The molecule has 0 aliphatic heterocycles. The molecular formula is C15H10ClNO3. The molecule has 3 aromatic rings. The molecule has 1 heterocycles. The molecule has 0 saturated carbocycles. The number of nitrogens with zero attached hydrogens (tertiary/aromatic N) is 1. The summed E-state index contributed by atoms with van der Waals surface area (Å²) >= 11 is 6.14. The number of hydrogen-bond acceptors (Lipinski definition) is 4. The summed E-state index contributed by atoms with van der Waals surface area (Å²) < 4.78 is 0. The second-order valence-electron chi connectivity index (χ2n) is 4.44. The lowest BCUT2D eigenvalue weighted by atomic mass is 10.0. The van der Waals surface area contributed by atoms with Gasteiger partial charge in [-0.15, -0.1) is 0 Å². The fraction of sp³-hybridized carbons (Fsp3) is 0. The van der Waals surface area contributed by atoms with Gasteiger partial charge in [-0.3, -0.25) is 0 Å². The first-order chi connectivity index (χ1) is 9.52. The standard InChI is InChI=1S/C15H10ClNO3/c16-15-13(9-3-11(19)6-12(20)4-9)5-8-1-2-10(18)7-14(8)17-15/h1-7,18-20H. The third-order valence-electron chi connectivity index (χ3n) is 2.97. The Balaban J connectivity index is 2.25. The summed E-state index contributed by atoms with van der Waals surface area (Å²) in [6.07, 6.45) is 0. The largest absolute Gasteiger partial charge is 0.508 e. The van der Waals surface area contributed by atoms with Crippen LogP contribution in [0.4, 0.5) is 0 Å². The van der Waals surface area contributed by atoms with Crippen LogP contribution in [0.15, 0.2) is 42.5 Å². The number of phenolic OH excluding ortho intramolecular Hbond substituents is 3. The fourth-order valence-corrected chi connectivity index (χ4v) is 2.34. The number of aromatic nitrogens is 1. The number of aromatic hydroxyl groups is 3. The molecule has 4 nitrogen and oxygen atoms in total. The molecule has 2 aromatic carbocycles. The summed E-state index contributed by atoms with van der Waals surface area (Å²) in [5.74, 6) is 0.00700. The number of pyridine rings is 1. The maximum absolute atomic E-state index is 9.54. The zero-order valence-corrected chi connectivity index (χ0v) is 11.0. The van der Waals surface area contributed by atoms with Crippen LogP contribution in [-0.4, -0.2) is 20.3 Å². The molecule has 0 aliphatic carbocycles. The van der Waals surface area contributed by atoms with Crippen LogP contribution in [0.2, 0.25) is 5.15 Å². The van der Waals surface area contributed by atoms with Crippen molar-refractivity contribution in [3.8, 4) is 28.4 Å². The SMILES string of the molecule is Oc1cc(O)cc(-c2cc3ccc(O)cc3nc2Cl)c1. The first-order valence-electron chi connectivity index (χ1n) is 5.85. The molecule has 20 heavy (non-hydrogen) atoms. The van der Waals surface area contributed by atoms with E-state index < -0.39 is 0 Å². The number of halogens is 1. The Morgan fingerprint density at radius 3 is 2.20 bits per heavy atom. The van der Waals surface area contributed by atoms with Crippen molar-refractivity contribution in [2.24, 2.45) is 0 Å². The molecule has 0 bridgehead atoms. The Morgan fingerprint density at radius 1 is 0.800 bits per heavy atom. The number of fused-ring (bicyclic) bond motifs is 1. The molecule has 100 valence electrons. The Labute approximate surface area is 119 Å². The van der Waals surface area contributed by atoms with Gasteiger partial charge in [0, 0.05) is 23.1 Å². The van der Waals surface area contributed by atoms with E-state index in [1.807, 2.05) is 0 Å². The van der Waals surface area contributed by atoms with Crippen molar-refractivity contribution in [2.45, 2.75) is 0 Å². The van der Waals surface area contributed by atoms with Gasteiger partial charge in [-0.1, -0.05) is 11.6 Å². The van der Waals surface area contributed by atoms with Gasteiger partial charge in [-0.2, -0.15) is 0 Å². The van der Waals surface area contributed by atoms with Crippen LogP contribution in [0, 0.1) is 0 Å². The monoisotopic (exact) mass is 287 g/mol. The van der Waals surface area contributed by atoms with Gasteiger partial charge in [0.25, 0.3) is 0 Å². The highest BCUT2D eigenvalue weighted by Crippen LogP contribution is 2.34. The quantitative estimate of drug-likeness (QED) is 0.597. The molecule has 0 amide bonds. The zero-order chi connectivity index (χ0) is 14.3. The van der Waals surface area contributed by atoms with Gasteiger partial charge in [-0.25, -0.2) is 4.98 Å². The topological polar surface area (TPSA) is 73.6 Å². The molecule has 0 radical (unpaired) electrons. The van der Waals surface area contributed by atoms with Crippen molar-refractivity contribution in [3.63, 3.8) is 0 Å².